The van der Waals surface area contributed by atoms with Crippen molar-refractivity contribution >= 4 is 7.85 Å². The zero-order chi connectivity index (χ0) is 10.4. The van der Waals surface area contributed by atoms with Gasteiger partial charge in [0.25, 0.3) is 0 Å². The van der Waals surface area contributed by atoms with Crippen molar-refractivity contribution in [1.29, 1.82) is 0 Å². The van der Waals surface area contributed by atoms with Crippen LogP contribution in [0.5, 0.6) is 0 Å². The largest absolute Gasteiger partial charge is 0.394 e. The summed E-state index contributed by atoms with van der Waals surface area (Å²) < 4.78 is 5.43. The van der Waals surface area contributed by atoms with Crippen LogP contribution in [-0.4, -0.2) is 49.4 Å². The first-order valence-corrected chi connectivity index (χ1v) is 4.67. The van der Waals surface area contributed by atoms with Crippen molar-refractivity contribution in [3.63, 3.8) is 0 Å². The molecule has 4 atom stereocenters. The molecule has 5 heteroatoms. The van der Waals surface area contributed by atoms with Gasteiger partial charge in [0, 0.05) is 6.00 Å². The summed E-state index contributed by atoms with van der Waals surface area (Å²) in [5.41, 5.74) is 5.46. The fourth-order valence-corrected chi connectivity index (χ4v) is 0.911. The number of aliphatic hydroxyl groups is 2. The first kappa shape index (κ1) is 12.9. The molecule has 4 N–H and O–H groups in total. The molecule has 0 saturated heterocycles. The standard InChI is InChI=1S/C8H20BNO3/c1-5(3-10)8(9)13-7(4-11)6(2)12/h5-8,11-12H,3-4,9-10H2,1-2H3/t5-,6-,7?,8?/m0/s1. The minimum Gasteiger partial charge on any atom is -0.394 e. The molecule has 0 aliphatic rings. The van der Waals surface area contributed by atoms with E-state index < -0.39 is 12.2 Å². The van der Waals surface area contributed by atoms with E-state index in [4.69, 9.17) is 15.6 Å². The molecule has 0 amide bonds. The molecule has 0 saturated carbocycles. The fraction of sp³-hybridized carbons (Fsp3) is 1.00. The maximum atomic E-state index is 9.20. The number of ether oxygens (including phenoxy) is 1. The van der Waals surface area contributed by atoms with E-state index in [9.17, 15) is 5.11 Å². The quantitative estimate of drug-likeness (QED) is 0.435. The summed E-state index contributed by atoms with van der Waals surface area (Å²) in [5, 5.41) is 18.1. The third-order valence-electron chi connectivity index (χ3n) is 2.28. The van der Waals surface area contributed by atoms with Crippen LogP contribution >= 0.6 is 0 Å². The fourth-order valence-electron chi connectivity index (χ4n) is 0.911. The van der Waals surface area contributed by atoms with E-state index in [-0.39, 0.29) is 18.5 Å². The van der Waals surface area contributed by atoms with Crippen LogP contribution in [0.4, 0.5) is 0 Å². The highest BCUT2D eigenvalue weighted by atomic mass is 16.5. The van der Waals surface area contributed by atoms with Crippen LogP contribution in [0, 0.1) is 5.92 Å². The summed E-state index contributed by atoms with van der Waals surface area (Å²) in [7, 11) is 1.89. The predicted octanol–water partition coefficient (Wildman–Crippen LogP) is -1.70. The SMILES string of the molecule is BC(OC(CO)[C@H](C)O)[C@@H](C)CN. The molecule has 78 valence electrons. The Balaban J connectivity index is 3.93. The van der Waals surface area contributed by atoms with Crippen LogP contribution < -0.4 is 5.73 Å². The highest BCUT2D eigenvalue weighted by Gasteiger charge is 2.20. The van der Waals surface area contributed by atoms with E-state index in [0.29, 0.717) is 6.54 Å². The Morgan fingerprint density at radius 3 is 2.31 bits per heavy atom. The molecule has 0 heterocycles. The van der Waals surface area contributed by atoms with Gasteiger partial charge < -0.3 is 20.7 Å². The number of hydrogen-bond acceptors (Lipinski definition) is 4. The van der Waals surface area contributed by atoms with E-state index in [1.807, 2.05) is 14.8 Å². The van der Waals surface area contributed by atoms with Gasteiger partial charge >= 0.3 is 0 Å². The lowest BCUT2D eigenvalue weighted by atomic mass is 9.87. The Kier molecular flexibility index (Phi) is 6.33. The molecule has 0 radical (unpaired) electrons. The van der Waals surface area contributed by atoms with Gasteiger partial charge in [-0.15, -0.1) is 0 Å². The van der Waals surface area contributed by atoms with E-state index in [0.717, 1.165) is 0 Å². The van der Waals surface area contributed by atoms with E-state index in [1.165, 1.54) is 0 Å². The van der Waals surface area contributed by atoms with Gasteiger partial charge in [0.1, 0.15) is 14.0 Å². The minimum atomic E-state index is -0.655. The summed E-state index contributed by atoms with van der Waals surface area (Å²) in [6.45, 7) is 3.94. The van der Waals surface area contributed by atoms with Crippen molar-refractivity contribution < 1.29 is 14.9 Å². The van der Waals surface area contributed by atoms with Crippen molar-refractivity contribution in [2.24, 2.45) is 11.7 Å². The second kappa shape index (κ2) is 6.37. The Hall–Kier alpha value is -0.0951. The van der Waals surface area contributed by atoms with Gasteiger partial charge in [-0.1, -0.05) is 6.92 Å². The van der Waals surface area contributed by atoms with E-state index in [1.54, 1.807) is 6.92 Å². The monoisotopic (exact) mass is 189 g/mol. The highest BCUT2D eigenvalue weighted by Crippen LogP contribution is 2.07. The summed E-state index contributed by atoms with van der Waals surface area (Å²) >= 11 is 0. The van der Waals surface area contributed by atoms with Gasteiger partial charge in [0.05, 0.1) is 12.7 Å². The molecule has 0 aromatic rings. The Morgan fingerprint density at radius 1 is 1.46 bits per heavy atom. The Bertz CT molecular complexity index is 135. The zero-order valence-corrected chi connectivity index (χ0v) is 8.60. The number of hydrogen-bond donors (Lipinski definition) is 3. The van der Waals surface area contributed by atoms with Crippen LogP contribution in [-0.2, 0) is 4.74 Å². The lowest BCUT2D eigenvalue weighted by Gasteiger charge is -2.26. The van der Waals surface area contributed by atoms with E-state index in [2.05, 4.69) is 0 Å². The summed E-state index contributed by atoms with van der Waals surface area (Å²) in [5.74, 6) is 0.229. The van der Waals surface area contributed by atoms with Crippen LogP contribution in [0.3, 0.4) is 0 Å². The van der Waals surface area contributed by atoms with E-state index >= 15 is 0 Å². The average Bonchev–Trinajstić information content (AvgIpc) is 2.11. The van der Waals surface area contributed by atoms with Crippen molar-refractivity contribution in [1.82, 2.24) is 0 Å². The third kappa shape index (κ3) is 4.62. The van der Waals surface area contributed by atoms with Gasteiger partial charge in [-0.25, -0.2) is 0 Å². The van der Waals surface area contributed by atoms with Crippen LogP contribution in [0.1, 0.15) is 13.8 Å². The molecule has 13 heavy (non-hydrogen) atoms. The maximum Gasteiger partial charge on any atom is 0.139 e. The second-order valence-corrected chi connectivity index (χ2v) is 3.52. The lowest BCUT2D eigenvalue weighted by molar-refractivity contribution is -0.0793. The van der Waals surface area contributed by atoms with Gasteiger partial charge in [-0.2, -0.15) is 0 Å². The lowest BCUT2D eigenvalue weighted by Crippen LogP contribution is -2.38. The molecule has 4 nitrogen and oxygen atoms in total. The van der Waals surface area contributed by atoms with Crippen molar-refractivity contribution in [2.75, 3.05) is 13.2 Å². The maximum absolute atomic E-state index is 9.20. The molecule has 0 aromatic heterocycles. The number of rotatable bonds is 6. The summed E-state index contributed by atoms with van der Waals surface area (Å²) in [4.78, 5) is 0. The average molecular weight is 189 g/mol. The molecule has 0 aliphatic carbocycles. The molecule has 0 aromatic carbocycles. The minimum absolute atomic E-state index is 0.0447. The number of nitrogens with two attached hydrogens (primary N) is 1. The molecule has 0 aliphatic heterocycles. The summed E-state index contributed by atoms with van der Waals surface area (Å²) in [6.07, 6.45) is -1.17. The smallest absolute Gasteiger partial charge is 0.139 e. The Labute approximate surface area is 80.5 Å². The highest BCUT2D eigenvalue weighted by molar-refractivity contribution is 6.11. The van der Waals surface area contributed by atoms with Gasteiger partial charge in [0.2, 0.25) is 0 Å². The zero-order valence-electron chi connectivity index (χ0n) is 8.60. The van der Waals surface area contributed by atoms with Gasteiger partial charge in [-0.05, 0) is 19.4 Å². The third-order valence-corrected chi connectivity index (χ3v) is 2.28. The number of aliphatic hydroxyl groups excluding tert-OH is 2. The molecule has 2 unspecified atom stereocenters. The predicted molar refractivity (Wildman–Crippen MR) is 54.2 cm³/mol. The normalized spacial score (nSPS) is 20.7. The molecule has 0 rings (SSSR count). The molecule has 0 spiro atoms. The molecule has 0 fully saturated rings. The van der Waals surface area contributed by atoms with Crippen molar-refractivity contribution in [3.05, 3.63) is 0 Å². The van der Waals surface area contributed by atoms with Crippen molar-refractivity contribution in [2.45, 2.75) is 32.1 Å². The summed E-state index contributed by atoms with van der Waals surface area (Å²) in [6, 6.07) is -0.0447. The van der Waals surface area contributed by atoms with Crippen molar-refractivity contribution in [3.8, 4) is 0 Å². The first-order valence-electron chi connectivity index (χ1n) is 4.67. The van der Waals surface area contributed by atoms with Gasteiger partial charge in [0.15, 0.2) is 0 Å². The topological polar surface area (TPSA) is 75.7 Å². The van der Waals surface area contributed by atoms with Crippen LogP contribution in [0.15, 0.2) is 0 Å². The second-order valence-electron chi connectivity index (χ2n) is 3.52. The van der Waals surface area contributed by atoms with Crippen LogP contribution in [0.25, 0.3) is 0 Å². The first-order chi connectivity index (χ1) is 6.02. The van der Waals surface area contributed by atoms with Crippen LogP contribution in [0.2, 0.25) is 0 Å². The molecule has 0 bridgehead atoms. The Morgan fingerprint density at radius 2 is 2.00 bits per heavy atom. The van der Waals surface area contributed by atoms with Gasteiger partial charge in [-0.3, -0.25) is 0 Å². The molecular formula is C8H20BNO3. The molecular weight excluding hydrogens is 169 g/mol.